The van der Waals surface area contributed by atoms with E-state index < -0.39 is 0 Å². The molecule has 5 nitrogen and oxygen atoms in total. The highest BCUT2D eigenvalue weighted by molar-refractivity contribution is 5.43. The van der Waals surface area contributed by atoms with E-state index in [4.69, 9.17) is 10.5 Å². The Labute approximate surface area is 95.6 Å². The standard InChI is InChI=1S/C11H18N4O/c1-7-6-10(14-11(12)13-7)15(3)9-4-5-16-8(9)2/h6,8-9H,4-5H2,1-3H3,(H2,12,13,14). The van der Waals surface area contributed by atoms with Crippen LogP contribution in [0.2, 0.25) is 0 Å². The van der Waals surface area contributed by atoms with Crippen molar-refractivity contribution in [1.29, 1.82) is 0 Å². The van der Waals surface area contributed by atoms with Crippen molar-refractivity contribution in [2.24, 2.45) is 0 Å². The van der Waals surface area contributed by atoms with Crippen LogP contribution < -0.4 is 10.6 Å². The molecule has 0 aliphatic carbocycles. The Balaban J connectivity index is 2.22. The number of anilines is 2. The fraction of sp³-hybridized carbons (Fsp3) is 0.636. The van der Waals surface area contributed by atoms with Gasteiger partial charge in [-0.2, -0.15) is 4.98 Å². The van der Waals surface area contributed by atoms with Gasteiger partial charge in [-0.1, -0.05) is 0 Å². The van der Waals surface area contributed by atoms with Crippen molar-refractivity contribution < 1.29 is 4.74 Å². The van der Waals surface area contributed by atoms with E-state index in [9.17, 15) is 0 Å². The quantitative estimate of drug-likeness (QED) is 0.808. The number of likely N-dealkylation sites (N-methyl/N-ethyl adjacent to an activating group) is 1. The molecule has 0 radical (unpaired) electrons. The topological polar surface area (TPSA) is 64.3 Å². The van der Waals surface area contributed by atoms with E-state index in [-0.39, 0.29) is 6.10 Å². The highest BCUT2D eigenvalue weighted by Gasteiger charge is 2.28. The molecule has 2 rings (SSSR count). The molecule has 1 aliphatic heterocycles. The normalized spacial score (nSPS) is 24.7. The Hall–Kier alpha value is -1.36. The van der Waals surface area contributed by atoms with E-state index in [1.54, 1.807) is 0 Å². The Morgan fingerprint density at radius 3 is 2.81 bits per heavy atom. The summed E-state index contributed by atoms with van der Waals surface area (Å²) in [6.07, 6.45) is 1.27. The zero-order chi connectivity index (χ0) is 11.7. The van der Waals surface area contributed by atoms with Crippen LogP contribution in [0.3, 0.4) is 0 Å². The van der Waals surface area contributed by atoms with Gasteiger partial charge in [-0.25, -0.2) is 4.98 Å². The average Bonchev–Trinajstić information content (AvgIpc) is 2.62. The van der Waals surface area contributed by atoms with Gasteiger partial charge in [0.2, 0.25) is 5.95 Å². The first kappa shape index (κ1) is 11.1. The van der Waals surface area contributed by atoms with Gasteiger partial charge in [0, 0.05) is 25.4 Å². The highest BCUT2D eigenvalue weighted by atomic mass is 16.5. The number of aryl methyl sites for hydroxylation is 1. The van der Waals surface area contributed by atoms with Gasteiger partial charge in [0.15, 0.2) is 0 Å². The summed E-state index contributed by atoms with van der Waals surface area (Å²) in [5, 5.41) is 0. The van der Waals surface area contributed by atoms with E-state index in [1.807, 2.05) is 20.0 Å². The van der Waals surface area contributed by atoms with Crippen molar-refractivity contribution in [2.75, 3.05) is 24.3 Å². The van der Waals surface area contributed by atoms with E-state index in [2.05, 4.69) is 21.8 Å². The molecule has 16 heavy (non-hydrogen) atoms. The van der Waals surface area contributed by atoms with Gasteiger partial charge < -0.3 is 15.4 Å². The molecule has 0 aromatic carbocycles. The Morgan fingerprint density at radius 1 is 1.50 bits per heavy atom. The molecule has 2 unspecified atom stereocenters. The maximum Gasteiger partial charge on any atom is 0.222 e. The lowest BCUT2D eigenvalue weighted by Gasteiger charge is -2.27. The molecule has 2 atom stereocenters. The lowest BCUT2D eigenvalue weighted by molar-refractivity contribution is 0.118. The van der Waals surface area contributed by atoms with Crippen molar-refractivity contribution in [3.05, 3.63) is 11.8 Å². The van der Waals surface area contributed by atoms with Crippen LogP contribution in [-0.2, 0) is 4.74 Å². The molecular weight excluding hydrogens is 204 g/mol. The van der Waals surface area contributed by atoms with Gasteiger partial charge in [-0.3, -0.25) is 0 Å². The van der Waals surface area contributed by atoms with Gasteiger partial charge in [-0.05, 0) is 20.3 Å². The molecule has 5 heteroatoms. The molecular formula is C11H18N4O. The summed E-state index contributed by atoms with van der Waals surface area (Å²) >= 11 is 0. The zero-order valence-corrected chi connectivity index (χ0v) is 9.97. The second kappa shape index (κ2) is 4.25. The smallest absolute Gasteiger partial charge is 0.222 e. The lowest BCUT2D eigenvalue weighted by atomic mass is 10.1. The minimum absolute atomic E-state index is 0.237. The minimum atomic E-state index is 0.237. The van der Waals surface area contributed by atoms with Crippen LogP contribution in [0.4, 0.5) is 11.8 Å². The first-order chi connectivity index (χ1) is 7.58. The first-order valence-electron chi connectivity index (χ1n) is 5.53. The molecule has 2 heterocycles. The van der Waals surface area contributed by atoms with Gasteiger partial charge >= 0.3 is 0 Å². The first-order valence-corrected chi connectivity index (χ1v) is 5.53. The summed E-state index contributed by atoms with van der Waals surface area (Å²) in [5.41, 5.74) is 6.54. The van der Waals surface area contributed by atoms with Gasteiger partial charge in [0.1, 0.15) is 5.82 Å². The third-order valence-corrected chi connectivity index (χ3v) is 3.05. The third-order valence-electron chi connectivity index (χ3n) is 3.05. The fourth-order valence-corrected chi connectivity index (χ4v) is 2.15. The van der Waals surface area contributed by atoms with Gasteiger partial charge in [0.25, 0.3) is 0 Å². The number of hydrogen-bond acceptors (Lipinski definition) is 5. The van der Waals surface area contributed by atoms with Crippen molar-refractivity contribution in [2.45, 2.75) is 32.4 Å². The highest BCUT2D eigenvalue weighted by Crippen LogP contribution is 2.23. The Kier molecular flexibility index (Phi) is 2.96. The summed E-state index contributed by atoms with van der Waals surface area (Å²) in [6.45, 7) is 4.82. The second-order valence-electron chi connectivity index (χ2n) is 4.27. The largest absolute Gasteiger partial charge is 0.376 e. The molecule has 1 aromatic rings. The maximum atomic E-state index is 5.65. The summed E-state index contributed by atoms with van der Waals surface area (Å²) in [5.74, 6) is 1.20. The molecule has 0 amide bonds. The predicted octanol–water partition coefficient (Wildman–Crippen LogP) is 0.981. The third kappa shape index (κ3) is 2.09. The van der Waals surface area contributed by atoms with Crippen LogP contribution in [0.5, 0.6) is 0 Å². The van der Waals surface area contributed by atoms with Crippen LogP contribution in [0.25, 0.3) is 0 Å². The molecule has 1 fully saturated rings. The number of nitrogen functional groups attached to an aromatic ring is 1. The number of rotatable bonds is 2. The predicted molar refractivity (Wildman–Crippen MR) is 63.4 cm³/mol. The van der Waals surface area contributed by atoms with E-state index in [0.717, 1.165) is 24.5 Å². The fourth-order valence-electron chi connectivity index (χ4n) is 2.15. The van der Waals surface area contributed by atoms with Crippen LogP contribution in [0.1, 0.15) is 19.0 Å². The number of nitrogens with zero attached hydrogens (tertiary/aromatic N) is 3. The maximum absolute atomic E-state index is 5.65. The van der Waals surface area contributed by atoms with E-state index in [1.165, 1.54) is 0 Å². The summed E-state index contributed by atoms with van der Waals surface area (Å²) < 4.78 is 5.55. The molecule has 1 aliphatic rings. The van der Waals surface area contributed by atoms with Crippen molar-refractivity contribution in [3.8, 4) is 0 Å². The Bertz CT molecular complexity index is 362. The minimum Gasteiger partial charge on any atom is -0.376 e. The van der Waals surface area contributed by atoms with E-state index >= 15 is 0 Å². The SMILES string of the molecule is Cc1cc(N(C)C2CCOC2C)nc(N)n1. The summed E-state index contributed by atoms with van der Waals surface area (Å²) in [4.78, 5) is 10.4. The number of ether oxygens (including phenoxy) is 1. The second-order valence-corrected chi connectivity index (χ2v) is 4.27. The number of nitrogens with two attached hydrogens (primary N) is 1. The van der Waals surface area contributed by atoms with Crippen LogP contribution in [0.15, 0.2) is 6.07 Å². The van der Waals surface area contributed by atoms with Crippen LogP contribution in [0, 0.1) is 6.92 Å². The van der Waals surface area contributed by atoms with Crippen molar-refractivity contribution in [1.82, 2.24) is 9.97 Å². The molecule has 2 N–H and O–H groups in total. The molecule has 1 saturated heterocycles. The molecule has 0 bridgehead atoms. The Morgan fingerprint density at radius 2 is 2.25 bits per heavy atom. The van der Waals surface area contributed by atoms with Gasteiger partial charge in [-0.15, -0.1) is 0 Å². The summed E-state index contributed by atoms with van der Waals surface area (Å²) in [7, 11) is 2.02. The number of aromatic nitrogens is 2. The molecule has 1 aromatic heterocycles. The molecule has 88 valence electrons. The van der Waals surface area contributed by atoms with E-state index in [0.29, 0.717) is 12.0 Å². The monoisotopic (exact) mass is 222 g/mol. The van der Waals surface area contributed by atoms with Crippen molar-refractivity contribution >= 4 is 11.8 Å². The summed E-state index contributed by atoms with van der Waals surface area (Å²) in [6, 6.07) is 2.32. The van der Waals surface area contributed by atoms with Crippen LogP contribution in [-0.4, -0.2) is 35.8 Å². The molecule has 0 spiro atoms. The van der Waals surface area contributed by atoms with Crippen LogP contribution >= 0.6 is 0 Å². The number of hydrogen-bond donors (Lipinski definition) is 1. The van der Waals surface area contributed by atoms with Gasteiger partial charge in [0.05, 0.1) is 12.1 Å². The van der Waals surface area contributed by atoms with Crippen molar-refractivity contribution in [3.63, 3.8) is 0 Å². The average molecular weight is 222 g/mol. The zero-order valence-electron chi connectivity index (χ0n) is 9.97. The molecule has 0 saturated carbocycles. The lowest BCUT2D eigenvalue weighted by Crippen LogP contribution is -2.37.